The highest BCUT2D eigenvalue weighted by Gasteiger charge is 2.35. The number of rotatable bonds is 4. The zero-order chi connectivity index (χ0) is 18.0. The van der Waals surface area contributed by atoms with Crippen LogP contribution in [0.5, 0.6) is 0 Å². The van der Waals surface area contributed by atoms with Crippen LogP contribution in [-0.4, -0.2) is 33.5 Å². The summed E-state index contributed by atoms with van der Waals surface area (Å²) in [6, 6.07) is 8.66. The SMILES string of the molecule is Cc1cn([C@@H]2C[C@H](S)[C@@H](COC(=O)c3ccccc3)O2)c(=O)[nH]c1=O. The zero-order valence-corrected chi connectivity index (χ0v) is 14.4. The second-order valence-corrected chi connectivity index (χ2v) is 6.54. The molecular formula is C17H18N2O5S. The highest BCUT2D eigenvalue weighted by atomic mass is 32.1. The number of aryl methyl sites for hydroxylation is 1. The van der Waals surface area contributed by atoms with E-state index in [0.29, 0.717) is 17.5 Å². The van der Waals surface area contributed by atoms with E-state index in [1.54, 1.807) is 31.2 Å². The van der Waals surface area contributed by atoms with Crippen molar-refractivity contribution < 1.29 is 14.3 Å². The number of hydrogen-bond acceptors (Lipinski definition) is 6. The zero-order valence-electron chi connectivity index (χ0n) is 13.5. The number of hydrogen-bond donors (Lipinski definition) is 2. The molecule has 0 saturated carbocycles. The summed E-state index contributed by atoms with van der Waals surface area (Å²) in [5.41, 5.74) is -0.0869. The molecule has 3 rings (SSSR count). The predicted molar refractivity (Wildman–Crippen MR) is 94.1 cm³/mol. The molecule has 2 heterocycles. The molecule has 0 bridgehead atoms. The Labute approximate surface area is 149 Å². The van der Waals surface area contributed by atoms with Crippen LogP contribution in [0.2, 0.25) is 0 Å². The van der Waals surface area contributed by atoms with Gasteiger partial charge in [0.05, 0.1) is 5.56 Å². The Kier molecular flexibility index (Phi) is 5.10. The van der Waals surface area contributed by atoms with Crippen LogP contribution < -0.4 is 11.2 Å². The van der Waals surface area contributed by atoms with Crippen molar-refractivity contribution in [3.63, 3.8) is 0 Å². The molecule has 0 unspecified atom stereocenters. The molecule has 1 aliphatic rings. The maximum absolute atomic E-state index is 12.0. The molecule has 0 aliphatic carbocycles. The Hall–Kier alpha value is -2.32. The minimum Gasteiger partial charge on any atom is -0.459 e. The molecule has 7 nitrogen and oxygen atoms in total. The summed E-state index contributed by atoms with van der Waals surface area (Å²) in [7, 11) is 0. The lowest BCUT2D eigenvalue weighted by atomic mass is 10.2. The lowest BCUT2D eigenvalue weighted by molar-refractivity contribution is -0.0332. The third-order valence-corrected chi connectivity index (χ3v) is 4.59. The van der Waals surface area contributed by atoms with Gasteiger partial charge in [-0.1, -0.05) is 18.2 Å². The van der Waals surface area contributed by atoms with E-state index in [9.17, 15) is 14.4 Å². The lowest BCUT2D eigenvalue weighted by Crippen LogP contribution is -2.33. The summed E-state index contributed by atoms with van der Waals surface area (Å²) in [5, 5.41) is -0.201. The fraction of sp³-hybridized carbons (Fsp3) is 0.353. The summed E-state index contributed by atoms with van der Waals surface area (Å²) in [4.78, 5) is 37.7. The van der Waals surface area contributed by atoms with Gasteiger partial charge < -0.3 is 9.47 Å². The smallest absolute Gasteiger partial charge is 0.338 e. The second kappa shape index (κ2) is 7.28. The van der Waals surface area contributed by atoms with Gasteiger partial charge in [0, 0.05) is 23.4 Å². The van der Waals surface area contributed by atoms with Gasteiger partial charge in [0.25, 0.3) is 5.56 Å². The molecule has 25 heavy (non-hydrogen) atoms. The Morgan fingerprint density at radius 2 is 2.08 bits per heavy atom. The van der Waals surface area contributed by atoms with Gasteiger partial charge in [-0.15, -0.1) is 0 Å². The number of H-pyrrole nitrogens is 1. The first kappa shape index (κ1) is 17.5. The van der Waals surface area contributed by atoms with E-state index in [2.05, 4.69) is 17.6 Å². The third-order valence-electron chi connectivity index (χ3n) is 4.05. The highest BCUT2D eigenvalue weighted by molar-refractivity contribution is 7.81. The molecule has 1 aromatic heterocycles. The fourth-order valence-corrected chi connectivity index (χ4v) is 2.99. The summed E-state index contributed by atoms with van der Waals surface area (Å²) in [6.45, 7) is 1.65. The maximum Gasteiger partial charge on any atom is 0.338 e. The standard InChI is InChI=1S/C17H18N2O5S/c1-10-8-19(17(22)18-15(10)20)14-7-13(25)12(24-14)9-23-16(21)11-5-3-2-4-6-11/h2-6,8,12-14,25H,7,9H2,1H3,(H,18,20,22)/t12-,13+,14+/m1/s1. The van der Waals surface area contributed by atoms with Gasteiger partial charge in [-0.25, -0.2) is 9.59 Å². The minimum absolute atomic E-state index is 0.0372. The normalized spacial score (nSPS) is 22.7. The van der Waals surface area contributed by atoms with Crippen molar-refractivity contribution in [2.45, 2.75) is 30.9 Å². The number of nitrogens with zero attached hydrogens (tertiary/aromatic N) is 1. The van der Waals surface area contributed by atoms with Crippen molar-refractivity contribution in [1.82, 2.24) is 9.55 Å². The molecule has 2 aromatic rings. The van der Waals surface area contributed by atoms with E-state index >= 15 is 0 Å². The largest absolute Gasteiger partial charge is 0.459 e. The van der Waals surface area contributed by atoms with Gasteiger partial charge in [0.2, 0.25) is 0 Å². The summed E-state index contributed by atoms with van der Waals surface area (Å²) in [6.07, 6.45) is 0.915. The number of nitrogens with one attached hydrogen (secondary N) is 1. The predicted octanol–water partition coefficient (Wildman–Crippen LogP) is 1.29. The van der Waals surface area contributed by atoms with Crippen LogP contribution in [-0.2, 0) is 9.47 Å². The molecule has 1 aromatic carbocycles. The van der Waals surface area contributed by atoms with Gasteiger partial charge in [0.15, 0.2) is 0 Å². The van der Waals surface area contributed by atoms with Gasteiger partial charge in [-0.3, -0.25) is 14.3 Å². The molecule has 1 aliphatic heterocycles. The molecule has 1 fully saturated rings. The van der Waals surface area contributed by atoms with E-state index in [4.69, 9.17) is 9.47 Å². The Morgan fingerprint density at radius 3 is 2.80 bits per heavy atom. The summed E-state index contributed by atoms with van der Waals surface area (Å²) in [5.74, 6) is -0.440. The topological polar surface area (TPSA) is 90.4 Å². The average Bonchev–Trinajstić information content (AvgIpc) is 2.97. The van der Waals surface area contributed by atoms with Crippen molar-refractivity contribution in [2.24, 2.45) is 0 Å². The van der Waals surface area contributed by atoms with Crippen LogP contribution in [0.3, 0.4) is 0 Å². The molecule has 0 radical (unpaired) electrons. The van der Waals surface area contributed by atoms with E-state index in [1.165, 1.54) is 10.8 Å². The minimum atomic E-state index is -0.564. The molecular weight excluding hydrogens is 344 g/mol. The van der Waals surface area contributed by atoms with Crippen LogP contribution in [0, 0.1) is 6.92 Å². The Morgan fingerprint density at radius 1 is 1.36 bits per heavy atom. The maximum atomic E-state index is 12.0. The summed E-state index contributed by atoms with van der Waals surface area (Å²) >= 11 is 4.46. The van der Waals surface area contributed by atoms with Crippen molar-refractivity contribution in [3.8, 4) is 0 Å². The number of aromatic nitrogens is 2. The van der Waals surface area contributed by atoms with E-state index in [1.807, 2.05) is 6.07 Å². The molecule has 1 N–H and O–H groups in total. The number of carbonyl (C=O) groups excluding carboxylic acids is 1. The molecule has 132 valence electrons. The number of ether oxygens (including phenoxy) is 2. The van der Waals surface area contributed by atoms with Crippen molar-refractivity contribution >= 4 is 18.6 Å². The van der Waals surface area contributed by atoms with Crippen LogP contribution in [0.4, 0.5) is 0 Å². The van der Waals surface area contributed by atoms with Gasteiger partial charge in [-0.2, -0.15) is 12.6 Å². The van der Waals surface area contributed by atoms with Crippen LogP contribution >= 0.6 is 12.6 Å². The van der Waals surface area contributed by atoms with E-state index < -0.39 is 29.6 Å². The second-order valence-electron chi connectivity index (χ2n) is 5.88. The van der Waals surface area contributed by atoms with Crippen molar-refractivity contribution in [3.05, 3.63) is 68.5 Å². The van der Waals surface area contributed by atoms with Crippen LogP contribution in [0.25, 0.3) is 0 Å². The van der Waals surface area contributed by atoms with Gasteiger partial charge in [0.1, 0.15) is 18.9 Å². The molecule has 1 saturated heterocycles. The van der Waals surface area contributed by atoms with Gasteiger partial charge in [-0.05, 0) is 19.1 Å². The number of carbonyl (C=O) groups is 1. The fourth-order valence-electron chi connectivity index (χ4n) is 2.65. The van der Waals surface area contributed by atoms with Gasteiger partial charge >= 0.3 is 11.7 Å². The first-order valence-electron chi connectivity index (χ1n) is 7.83. The van der Waals surface area contributed by atoms with Crippen molar-refractivity contribution in [2.75, 3.05) is 6.61 Å². The molecule has 3 atom stereocenters. The number of benzene rings is 1. The highest BCUT2D eigenvalue weighted by Crippen LogP contribution is 2.31. The number of thiol groups is 1. The quantitative estimate of drug-likeness (QED) is 0.632. The van der Waals surface area contributed by atoms with E-state index in [-0.39, 0.29) is 11.9 Å². The molecule has 0 spiro atoms. The Balaban J connectivity index is 1.66. The summed E-state index contributed by atoms with van der Waals surface area (Å²) < 4.78 is 12.4. The third kappa shape index (κ3) is 3.85. The molecule has 8 heteroatoms. The molecule has 0 amide bonds. The van der Waals surface area contributed by atoms with Crippen molar-refractivity contribution in [1.29, 1.82) is 0 Å². The van der Waals surface area contributed by atoms with E-state index in [0.717, 1.165) is 0 Å². The monoisotopic (exact) mass is 362 g/mol. The Bertz CT molecular complexity index is 877. The number of aromatic amines is 1. The first-order chi connectivity index (χ1) is 12.0. The first-order valence-corrected chi connectivity index (χ1v) is 8.35. The number of esters is 1. The van der Waals surface area contributed by atoms with Crippen LogP contribution in [0.15, 0.2) is 46.1 Å². The lowest BCUT2D eigenvalue weighted by Gasteiger charge is -2.16. The average molecular weight is 362 g/mol. The van der Waals surface area contributed by atoms with Crippen LogP contribution in [0.1, 0.15) is 28.6 Å².